The third-order valence-corrected chi connectivity index (χ3v) is 5.26. The zero-order valence-electron chi connectivity index (χ0n) is 18.4. The van der Waals surface area contributed by atoms with E-state index in [4.69, 9.17) is 14.5 Å². The number of phenolic OH excluding ortho intramolecular Hbond substituents is 1. The molecule has 0 bridgehead atoms. The van der Waals surface area contributed by atoms with Gasteiger partial charge in [-0.15, -0.1) is 24.0 Å². The molecule has 170 valence electrons. The highest BCUT2D eigenvalue weighted by atomic mass is 127. The average Bonchev–Trinajstić information content (AvgIpc) is 2.79. The van der Waals surface area contributed by atoms with Crippen molar-refractivity contribution in [2.24, 2.45) is 4.99 Å². The Labute approximate surface area is 201 Å². The van der Waals surface area contributed by atoms with E-state index in [0.717, 1.165) is 44.0 Å². The second kappa shape index (κ2) is 12.5. The Balaban J connectivity index is 0.00000341. The molecule has 1 aliphatic heterocycles. The molecule has 8 heteroatoms. The summed E-state index contributed by atoms with van der Waals surface area (Å²) >= 11 is 0. The maximum absolute atomic E-state index is 10.1. The third-order valence-electron chi connectivity index (χ3n) is 5.26. The van der Waals surface area contributed by atoms with Crippen LogP contribution in [0.4, 0.5) is 5.69 Å². The molecule has 0 spiro atoms. The van der Waals surface area contributed by atoms with Gasteiger partial charge in [0.1, 0.15) is 0 Å². The van der Waals surface area contributed by atoms with Crippen molar-refractivity contribution in [3.05, 3.63) is 48.0 Å². The molecule has 0 aliphatic carbocycles. The summed E-state index contributed by atoms with van der Waals surface area (Å²) in [5, 5.41) is 17.0. The fraction of sp³-hybridized carbons (Fsp3) is 0.435. The molecule has 2 aromatic carbocycles. The zero-order chi connectivity index (χ0) is 21.3. The highest BCUT2D eigenvalue weighted by molar-refractivity contribution is 14.0. The van der Waals surface area contributed by atoms with Crippen LogP contribution in [0.1, 0.15) is 25.3 Å². The van der Waals surface area contributed by atoms with Gasteiger partial charge in [0.25, 0.3) is 0 Å². The van der Waals surface area contributed by atoms with Crippen LogP contribution in [0.3, 0.4) is 0 Å². The second-order valence-corrected chi connectivity index (χ2v) is 7.29. The van der Waals surface area contributed by atoms with E-state index in [9.17, 15) is 5.11 Å². The largest absolute Gasteiger partial charge is 0.502 e. The number of aromatic hydroxyl groups is 1. The van der Waals surface area contributed by atoms with Gasteiger partial charge in [-0.25, -0.2) is 4.99 Å². The molecule has 0 atom stereocenters. The van der Waals surface area contributed by atoms with Gasteiger partial charge in [-0.3, -0.25) is 0 Å². The maximum Gasteiger partial charge on any atom is 0.200 e. The molecule has 1 aliphatic rings. The van der Waals surface area contributed by atoms with Crippen LogP contribution in [0.25, 0.3) is 0 Å². The minimum Gasteiger partial charge on any atom is -0.502 e. The summed E-state index contributed by atoms with van der Waals surface area (Å²) in [4.78, 5) is 7.15. The van der Waals surface area contributed by atoms with Gasteiger partial charge in [0, 0.05) is 31.4 Å². The summed E-state index contributed by atoms with van der Waals surface area (Å²) in [6.45, 7) is 5.34. The van der Waals surface area contributed by atoms with Crippen molar-refractivity contribution < 1.29 is 14.6 Å². The number of nitrogens with one attached hydrogen (secondary N) is 2. The first-order valence-electron chi connectivity index (χ1n) is 10.4. The molecule has 0 saturated carbocycles. The Morgan fingerprint density at radius 2 is 1.71 bits per heavy atom. The lowest BCUT2D eigenvalue weighted by molar-refractivity contribution is 0.339. The predicted octanol–water partition coefficient (Wildman–Crippen LogP) is 3.75. The number of ether oxygens (including phenoxy) is 2. The van der Waals surface area contributed by atoms with Gasteiger partial charge < -0.3 is 30.1 Å². The van der Waals surface area contributed by atoms with Gasteiger partial charge >= 0.3 is 0 Å². The second-order valence-electron chi connectivity index (χ2n) is 7.29. The van der Waals surface area contributed by atoms with Gasteiger partial charge in [-0.05, 0) is 49.6 Å². The number of para-hydroxylation sites is 1. The summed E-state index contributed by atoms with van der Waals surface area (Å²) in [6, 6.07) is 14.5. The molecule has 0 amide bonds. The molecule has 7 nitrogen and oxygen atoms in total. The summed E-state index contributed by atoms with van der Waals surface area (Å²) in [5.41, 5.74) is 2.18. The average molecular weight is 540 g/mol. The SMILES string of the molecule is CCNC(=NCc1cc(OC)c(O)c(OC)c1)NC1CCN(c2ccccc2)CC1.I. The van der Waals surface area contributed by atoms with E-state index in [1.165, 1.54) is 19.9 Å². The van der Waals surface area contributed by atoms with E-state index in [-0.39, 0.29) is 29.7 Å². The number of aliphatic imine (C=N–C) groups is 1. The van der Waals surface area contributed by atoms with Crippen molar-refractivity contribution >= 4 is 35.6 Å². The molecule has 2 aromatic rings. The number of methoxy groups -OCH3 is 2. The van der Waals surface area contributed by atoms with E-state index in [2.05, 4.69) is 52.8 Å². The monoisotopic (exact) mass is 540 g/mol. The van der Waals surface area contributed by atoms with Crippen LogP contribution in [-0.2, 0) is 6.54 Å². The van der Waals surface area contributed by atoms with Gasteiger partial charge in [0.2, 0.25) is 5.75 Å². The Morgan fingerprint density at radius 1 is 1.10 bits per heavy atom. The van der Waals surface area contributed by atoms with E-state index < -0.39 is 0 Å². The number of guanidine groups is 1. The lowest BCUT2D eigenvalue weighted by atomic mass is 10.0. The lowest BCUT2D eigenvalue weighted by Gasteiger charge is -2.34. The van der Waals surface area contributed by atoms with Crippen LogP contribution >= 0.6 is 24.0 Å². The van der Waals surface area contributed by atoms with E-state index >= 15 is 0 Å². The normalized spacial score (nSPS) is 14.5. The van der Waals surface area contributed by atoms with Crippen molar-refractivity contribution in [2.75, 3.05) is 38.8 Å². The first kappa shape index (κ1) is 24.9. The third kappa shape index (κ3) is 6.81. The number of phenols is 1. The van der Waals surface area contributed by atoms with Crippen LogP contribution in [0.15, 0.2) is 47.5 Å². The number of rotatable bonds is 7. The molecule has 1 fully saturated rings. The number of anilines is 1. The van der Waals surface area contributed by atoms with Crippen LogP contribution < -0.4 is 25.0 Å². The highest BCUT2D eigenvalue weighted by Crippen LogP contribution is 2.37. The maximum atomic E-state index is 10.1. The summed E-state index contributed by atoms with van der Waals surface area (Å²) in [5.74, 6) is 1.56. The minimum absolute atomic E-state index is 0. The summed E-state index contributed by atoms with van der Waals surface area (Å²) in [6.07, 6.45) is 2.11. The molecule has 3 rings (SSSR count). The zero-order valence-corrected chi connectivity index (χ0v) is 20.8. The Bertz CT molecular complexity index is 815. The van der Waals surface area contributed by atoms with Crippen molar-refractivity contribution in [3.8, 4) is 17.2 Å². The van der Waals surface area contributed by atoms with Gasteiger partial charge in [-0.2, -0.15) is 0 Å². The number of nitrogens with zero attached hydrogens (tertiary/aromatic N) is 2. The first-order chi connectivity index (χ1) is 14.6. The fourth-order valence-corrected chi connectivity index (χ4v) is 3.64. The number of hydrogen-bond acceptors (Lipinski definition) is 5. The van der Waals surface area contributed by atoms with Crippen LogP contribution in [0.5, 0.6) is 17.2 Å². The van der Waals surface area contributed by atoms with Crippen LogP contribution in [0.2, 0.25) is 0 Å². The summed E-state index contributed by atoms with van der Waals surface area (Å²) in [7, 11) is 3.05. The number of piperidine rings is 1. The van der Waals surface area contributed by atoms with E-state index in [1.54, 1.807) is 12.1 Å². The molecule has 0 aromatic heterocycles. The Kier molecular flexibility index (Phi) is 10.0. The smallest absolute Gasteiger partial charge is 0.200 e. The molecule has 1 heterocycles. The Hall–Kier alpha value is -2.36. The molecule has 0 radical (unpaired) electrons. The highest BCUT2D eigenvalue weighted by Gasteiger charge is 2.20. The predicted molar refractivity (Wildman–Crippen MR) is 136 cm³/mol. The molecule has 3 N–H and O–H groups in total. The molecular weight excluding hydrogens is 507 g/mol. The van der Waals surface area contributed by atoms with Crippen LogP contribution in [-0.4, -0.2) is 51.0 Å². The molecule has 31 heavy (non-hydrogen) atoms. The first-order valence-corrected chi connectivity index (χ1v) is 10.4. The van der Waals surface area contributed by atoms with Crippen LogP contribution in [0, 0.1) is 0 Å². The standard InChI is InChI=1S/C23H32N4O3.HI/c1-4-24-23(25-16-17-14-20(29-2)22(28)21(15-17)30-3)26-18-10-12-27(13-11-18)19-8-6-5-7-9-19;/h5-9,14-15,18,28H,4,10-13,16H2,1-3H3,(H2,24,25,26);1H. The van der Waals surface area contributed by atoms with E-state index in [0.29, 0.717) is 24.1 Å². The topological polar surface area (TPSA) is 78.4 Å². The van der Waals surface area contributed by atoms with Crippen molar-refractivity contribution in [1.29, 1.82) is 0 Å². The Morgan fingerprint density at radius 3 is 2.26 bits per heavy atom. The quantitative estimate of drug-likeness (QED) is 0.282. The molecular formula is C23H33IN4O3. The van der Waals surface area contributed by atoms with E-state index in [1.807, 2.05) is 0 Å². The van der Waals surface area contributed by atoms with Crippen molar-refractivity contribution in [3.63, 3.8) is 0 Å². The van der Waals surface area contributed by atoms with Crippen molar-refractivity contribution in [2.45, 2.75) is 32.4 Å². The minimum atomic E-state index is 0. The molecule has 1 saturated heterocycles. The lowest BCUT2D eigenvalue weighted by Crippen LogP contribution is -2.48. The number of halogens is 1. The van der Waals surface area contributed by atoms with Crippen molar-refractivity contribution in [1.82, 2.24) is 10.6 Å². The summed E-state index contributed by atoms with van der Waals surface area (Å²) < 4.78 is 10.5. The van der Waals surface area contributed by atoms with Gasteiger partial charge in [0.05, 0.1) is 20.8 Å². The fourth-order valence-electron chi connectivity index (χ4n) is 3.64. The number of benzene rings is 2. The number of hydrogen-bond donors (Lipinski definition) is 3. The van der Waals surface area contributed by atoms with Gasteiger partial charge in [-0.1, -0.05) is 18.2 Å². The van der Waals surface area contributed by atoms with Gasteiger partial charge in [0.15, 0.2) is 17.5 Å². The molecule has 0 unspecified atom stereocenters.